The molecule has 4 atom stereocenters. The number of nitrogens with one attached hydrogen (secondary N) is 2. The highest BCUT2D eigenvalue weighted by molar-refractivity contribution is 5.92. The highest BCUT2D eigenvalue weighted by Gasteiger charge is 2.42. The molecule has 0 aromatic carbocycles. The third-order valence-electron chi connectivity index (χ3n) is 5.05. The minimum absolute atomic E-state index is 0.110. The molecule has 1 amide bonds. The molecule has 2 aliphatic carbocycles. The number of anilines is 1. The summed E-state index contributed by atoms with van der Waals surface area (Å²) in [6.07, 6.45) is 5.37. The number of carbonyl (C=O) groups excluding carboxylic acids is 1. The van der Waals surface area contributed by atoms with Crippen LogP contribution in [0.4, 0.5) is 5.82 Å². The fraction of sp³-hybridized carbons (Fsp3) is 0.688. The number of carbonyl (C=O) groups is 1. The van der Waals surface area contributed by atoms with Crippen molar-refractivity contribution in [3.8, 4) is 0 Å². The van der Waals surface area contributed by atoms with Crippen molar-refractivity contribution in [2.24, 2.45) is 17.8 Å². The molecule has 2 aliphatic rings. The first-order valence-electron chi connectivity index (χ1n) is 8.05. The average molecular weight is 288 g/mol. The zero-order valence-electron chi connectivity index (χ0n) is 12.8. The Bertz CT molecular complexity index is 502. The molecule has 5 heteroatoms. The van der Waals surface area contributed by atoms with Crippen LogP contribution in [0.3, 0.4) is 0 Å². The van der Waals surface area contributed by atoms with Crippen LogP contribution in [0.2, 0.25) is 0 Å². The molecule has 2 fully saturated rings. The van der Waals surface area contributed by atoms with E-state index in [2.05, 4.69) is 27.8 Å². The summed E-state index contributed by atoms with van der Waals surface area (Å²) in [6, 6.07) is 3.75. The van der Waals surface area contributed by atoms with E-state index in [1.165, 1.54) is 25.7 Å². The average Bonchev–Trinajstić information content (AvgIpc) is 3.11. The van der Waals surface area contributed by atoms with Crippen LogP contribution in [0.15, 0.2) is 12.1 Å². The molecular formula is C16H24N4O. The minimum Gasteiger partial charge on any atom is -0.369 e. The Morgan fingerprint density at radius 3 is 2.76 bits per heavy atom. The molecule has 4 unspecified atom stereocenters. The van der Waals surface area contributed by atoms with Gasteiger partial charge < -0.3 is 10.6 Å². The third-order valence-corrected chi connectivity index (χ3v) is 5.05. The summed E-state index contributed by atoms with van der Waals surface area (Å²) in [7, 11) is 0. The first-order valence-corrected chi connectivity index (χ1v) is 8.05. The largest absolute Gasteiger partial charge is 0.369 e. The van der Waals surface area contributed by atoms with Gasteiger partial charge in [-0.3, -0.25) is 4.79 Å². The smallest absolute Gasteiger partial charge is 0.272 e. The summed E-state index contributed by atoms with van der Waals surface area (Å²) >= 11 is 0. The number of amides is 1. The van der Waals surface area contributed by atoms with Crippen LogP contribution < -0.4 is 10.6 Å². The predicted molar refractivity (Wildman–Crippen MR) is 82.1 cm³/mol. The van der Waals surface area contributed by atoms with Crippen molar-refractivity contribution < 1.29 is 4.79 Å². The van der Waals surface area contributed by atoms with Gasteiger partial charge in [-0.05, 0) is 63.0 Å². The lowest BCUT2D eigenvalue weighted by atomic mass is 9.84. The maximum absolute atomic E-state index is 12.3. The minimum atomic E-state index is -0.110. The molecule has 3 rings (SSSR count). The van der Waals surface area contributed by atoms with Crippen molar-refractivity contribution >= 4 is 11.7 Å². The SMILES string of the molecule is CCNc1ccc(C(=O)NC(C)C2CC3CCC2C3)nn1. The van der Waals surface area contributed by atoms with E-state index in [1.807, 2.05) is 6.92 Å². The van der Waals surface area contributed by atoms with E-state index in [1.54, 1.807) is 12.1 Å². The van der Waals surface area contributed by atoms with Gasteiger partial charge in [-0.25, -0.2) is 0 Å². The van der Waals surface area contributed by atoms with Crippen LogP contribution in [0.1, 0.15) is 50.0 Å². The molecule has 21 heavy (non-hydrogen) atoms. The summed E-state index contributed by atoms with van der Waals surface area (Å²) < 4.78 is 0. The summed E-state index contributed by atoms with van der Waals surface area (Å²) in [6.45, 7) is 4.92. The number of aromatic nitrogens is 2. The zero-order valence-corrected chi connectivity index (χ0v) is 12.8. The summed E-state index contributed by atoms with van der Waals surface area (Å²) in [4.78, 5) is 12.3. The number of hydrogen-bond acceptors (Lipinski definition) is 4. The molecule has 2 bridgehead atoms. The molecule has 2 N–H and O–H groups in total. The molecule has 2 saturated carbocycles. The molecule has 114 valence electrons. The Morgan fingerprint density at radius 2 is 2.19 bits per heavy atom. The molecular weight excluding hydrogens is 264 g/mol. The fourth-order valence-corrected chi connectivity index (χ4v) is 4.02. The summed E-state index contributed by atoms with van der Waals surface area (Å²) in [5, 5.41) is 14.2. The topological polar surface area (TPSA) is 66.9 Å². The Balaban J connectivity index is 1.58. The van der Waals surface area contributed by atoms with Crippen LogP contribution in [0, 0.1) is 17.8 Å². The van der Waals surface area contributed by atoms with Crippen LogP contribution in [0.25, 0.3) is 0 Å². The van der Waals surface area contributed by atoms with E-state index in [0.717, 1.165) is 18.4 Å². The van der Waals surface area contributed by atoms with Gasteiger partial charge in [-0.1, -0.05) is 6.42 Å². The number of hydrogen-bond donors (Lipinski definition) is 2. The van der Waals surface area contributed by atoms with Gasteiger partial charge in [-0.15, -0.1) is 10.2 Å². The van der Waals surface area contributed by atoms with E-state index in [-0.39, 0.29) is 11.9 Å². The molecule has 5 nitrogen and oxygen atoms in total. The van der Waals surface area contributed by atoms with Crippen LogP contribution in [-0.4, -0.2) is 28.7 Å². The van der Waals surface area contributed by atoms with Crippen molar-refractivity contribution in [1.82, 2.24) is 15.5 Å². The van der Waals surface area contributed by atoms with E-state index >= 15 is 0 Å². The van der Waals surface area contributed by atoms with Crippen molar-refractivity contribution in [2.75, 3.05) is 11.9 Å². The fourth-order valence-electron chi connectivity index (χ4n) is 4.02. The van der Waals surface area contributed by atoms with Gasteiger partial charge in [0.25, 0.3) is 5.91 Å². The van der Waals surface area contributed by atoms with Gasteiger partial charge in [0, 0.05) is 12.6 Å². The Kier molecular flexibility index (Phi) is 4.08. The van der Waals surface area contributed by atoms with Crippen LogP contribution >= 0.6 is 0 Å². The van der Waals surface area contributed by atoms with Crippen molar-refractivity contribution in [2.45, 2.75) is 45.6 Å². The second-order valence-corrected chi connectivity index (χ2v) is 6.43. The van der Waals surface area contributed by atoms with Crippen molar-refractivity contribution in [3.63, 3.8) is 0 Å². The maximum Gasteiger partial charge on any atom is 0.272 e. The van der Waals surface area contributed by atoms with Gasteiger partial charge in [0.2, 0.25) is 0 Å². The third kappa shape index (κ3) is 3.01. The number of rotatable bonds is 5. The van der Waals surface area contributed by atoms with Crippen molar-refractivity contribution in [3.05, 3.63) is 17.8 Å². The van der Waals surface area contributed by atoms with E-state index in [0.29, 0.717) is 17.4 Å². The quantitative estimate of drug-likeness (QED) is 0.873. The standard InChI is InChI=1S/C16H24N4O/c1-3-17-15-7-6-14(19-20-15)16(21)18-10(2)13-9-11-4-5-12(13)8-11/h6-7,10-13H,3-5,8-9H2,1-2H3,(H,17,20)(H,18,21). The second kappa shape index (κ2) is 6.00. The van der Waals surface area contributed by atoms with E-state index in [4.69, 9.17) is 0 Å². The van der Waals surface area contributed by atoms with E-state index < -0.39 is 0 Å². The first kappa shape index (κ1) is 14.3. The lowest BCUT2D eigenvalue weighted by Crippen LogP contribution is -2.40. The lowest BCUT2D eigenvalue weighted by Gasteiger charge is -2.28. The monoisotopic (exact) mass is 288 g/mol. The lowest BCUT2D eigenvalue weighted by molar-refractivity contribution is 0.0909. The van der Waals surface area contributed by atoms with E-state index in [9.17, 15) is 4.79 Å². The zero-order chi connectivity index (χ0) is 14.8. The Morgan fingerprint density at radius 1 is 1.33 bits per heavy atom. The Hall–Kier alpha value is -1.65. The van der Waals surface area contributed by atoms with Gasteiger partial charge in [-0.2, -0.15) is 0 Å². The highest BCUT2D eigenvalue weighted by atomic mass is 16.2. The molecule has 0 saturated heterocycles. The van der Waals surface area contributed by atoms with Gasteiger partial charge >= 0.3 is 0 Å². The summed E-state index contributed by atoms with van der Waals surface area (Å²) in [5.41, 5.74) is 0.395. The van der Waals surface area contributed by atoms with Gasteiger partial charge in [0.1, 0.15) is 5.82 Å². The van der Waals surface area contributed by atoms with Crippen LogP contribution in [-0.2, 0) is 0 Å². The first-order chi connectivity index (χ1) is 10.2. The number of fused-ring (bicyclic) bond motifs is 2. The van der Waals surface area contributed by atoms with Gasteiger partial charge in [0.05, 0.1) is 0 Å². The van der Waals surface area contributed by atoms with Crippen molar-refractivity contribution in [1.29, 1.82) is 0 Å². The van der Waals surface area contributed by atoms with Gasteiger partial charge in [0.15, 0.2) is 5.69 Å². The normalized spacial score (nSPS) is 28.4. The highest BCUT2D eigenvalue weighted by Crippen LogP contribution is 2.49. The molecule has 0 radical (unpaired) electrons. The van der Waals surface area contributed by atoms with Crippen LogP contribution in [0.5, 0.6) is 0 Å². The number of nitrogens with zero attached hydrogens (tertiary/aromatic N) is 2. The predicted octanol–water partition coefficient (Wildman–Crippen LogP) is 2.46. The summed E-state index contributed by atoms with van der Waals surface area (Å²) in [5.74, 6) is 2.95. The Labute approximate surface area is 125 Å². The maximum atomic E-state index is 12.3. The molecule has 1 aromatic rings. The molecule has 1 heterocycles. The molecule has 0 spiro atoms. The molecule has 0 aliphatic heterocycles. The second-order valence-electron chi connectivity index (χ2n) is 6.43. The molecule has 1 aromatic heterocycles.